The second-order valence-corrected chi connectivity index (χ2v) is 5.96. The molecule has 0 saturated heterocycles. The van der Waals surface area contributed by atoms with Crippen molar-refractivity contribution in [3.8, 4) is 0 Å². The predicted octanol–water partition coefficient (Wildman–Crippen LogP) is 4.31. The van der Waals surface area contributed by atoms with Gasteiger partial charge in [0, 0.05) is 23.6 Å². The lowest BCUT2D eigenvalue weighted by molar-refractivity contribution is -0.176. The first-order chi connectivity index (χ1) is 10.7. The normalized spacial score (nSPS) is 23.6. The minimum Gasteiger partial charge on any atom is -0.307 e. The zero-order valence-corrected chi connectivity index (χ0v) is 12.6. The van der Waals surface area contributed by atoms with Crippen LogP contribution in [0.1, 0.15) is 44.2 Å². The lowest BCUT2D eigenvalue weighted by atomic mass is 9.83. The van der Waals surface area contributed by atoms with E-state index in [9.17, 15) is 26.7 Å². The molecule has 1 aliphatic carbocycles. The monoisotopic (exact) mass is 335 g/mol. The number of hydrogen-bond acceptors (Lipinski definition) is 2. The van der Waals surface area contributed by atoms with E-state index in [4.69, 9.17) is 0 Å². The van der Waals surface area contributed by atoms with Gasteiger partial charge in [0.25, 0.3) is 0 Å². The summed E-state index contributed by atoms with van der Waals surface area (Å²) in [5, 5.41) is 3.10. The van der Waals surface area contributed by atoms with Crippen LogP contribution < -0.4 is 5.32 Å². The van der Waals surface area contributed by atoms with Crippen molar-refractivity contribution in [2.75, 3.05) is 0 Å². The molecule has 23 heavy (non-hydrogen) atoms. The van der Waals surface area contributed by atoms with Gasteiger partial charge in [-0.2, -0.15) is 13.2 Å². The molecule has 0 aliphatic heterocycles. The largest absolute Gasteiger partial charge is 0.450 e. The predicted molar refractivity (Wildman–Crippen MR) is 74.7 cm³/mol. The van der Waals surface area contributed by atoms with Crippen LogP contribution in [0, 0.1) is 17.6 Å². The van der Waals surface area contributed by atoms with Gasteiger partial charge >= 0.3 is 6.18 Å². The van der Waals surface area contributed by atoms with Crippen LogP contribution in [0.15, 0.2) is 18.2 Å². The number of rotatable bonds is 4. The molecule has 0 heterocycles. The number of nitrogens with one attached hydrogen (secondary N) is 1. The molecule has 0 radical (unpaired) electrons. The minimum atomic E-state index is -4.79. The molecule has 1 aliphatic rings. The van der Waals surface area contributed by atoms with Gasteiger partial charge in [-0.1, -0.05) is 0 Å². The first kappa shape index (κ1) is 17.8. The molecule has 0 amide bonds. The Kier molecular flexibility index (Phi) is 5.39. The van der Waals surface area contributed by atoms with E-state index in [0.29, 0.717) is 12.8 Å². The van der Waals surface area contributed by atoms with Crippen molar-refractivity contribution in [3.05, 3.63) is 35.4 Å². The van der Waals surface area contributed by atoms with Crippen LogP contribution in [0.4, 0.5) is 22.0 Å². The van der Waals surface area contributed by atoms with Crippen LogP contribution in [0.2, 0.25) is 0 Å². The molecule has 0 bridgehead atoms. The van der Waals surface area contributed by atoms with Crippen molar-refractivity contribution < 1.29 is 26.7 Å². The number of ketones is 1. The van der Waals surface area contributed by atoms with Gasteiger partial charge < -0.3 is 5.32 Å². The maximum atomic E-state index is 13.7. The molecule has 2 rings (SSSR count). The third kappa shape index (κ3) is 4.50. The van der Waals surface area contributed by atoms with E-state index < -0.39 is 35.6 Å². The smallest absolute Gasteiger partial charge is 0.307 e. The molecular formula is C16H18F5NO. The summed E-state index contributed by atoms with van der Waals surface area (Å²) in [6.07, 6.45) is -3.70. The Balaban J connectivity index is 1.91. The fourth-order valence-electron chi connectivity index (χ4n) is 3.04. The molecular weight excluding hydrogens is 317 g/mol. The zero-order valence-electron chi connectivity index (χ0n) is 12.6. The van der Waals surface area contributed by atoms with Crippen molar-refractivity contribution in [1.82, 2.24) is 5.32 Å². The quantitative estimate of drug-likeness (QED) is 0.831. The standard InChI is InChI=1S/C16H18F5NO/c1-9(13-8-11(17)4-7-14(13)18)22-12-5-2-10(3-6-12)15(23)16(19,20)21/h4,7-10,12,22H,2-3,5-6H2,1H3. The number of benzene rings is 1. The first-order valence-corrected chi connectivity index (χ1v) is 7.50. The van der Waals surface area contributed by atoms with Gasteiger partial charge in [-0.3, -0.25) is 4.79 Å². The fourth-order valence-corrected chi connectivity index (χ4v) is 3.04. The van der Waals surface area contributed by atoms with E-state index >= 15 is 0 Å². The maximum absolute atomic E-state index is 13.7. The average molecular weight is 335 g/mol. The van der Waals surface area contributed by atoms with Crippen LogP contribution >= 0.6 is 0 Å². The molecule has 7 heteroatoms. The zero-order chi connectivity index (χ0) is 17.2. The minimum absolute atomic E-state index is 0.120. The molecule has 0 aromatic heterocycles. The maximum Gasteiger partial charge on any atom is 0.450 e. The third-order valence-corrected chi connectivity index (χ3v) is 4.29. The molecule has 1 aromatic rings. The van der Waals surface area contributed by atoms with Crippen molar-refractivity contribution in [1.29, 1.82) is 0 Å². The summed E-state index contributed by atoms with van der Waals surface area (Å²) in [4.78, 5) is 11.2. The summed E-state index contributed by atoms with van der Waals surface area (Å²) >= 11 is 0. The Morgan fingerprint density at radius 2 is 1.78 bits per heavy atom. The Morgan fingerprint density at radius 3 is 2.35 bits per heavy atom. The third-order valence-electron chi connectivity index (χ3n) is 4.29. The van der Waals surface area contributed by atoms with Crippen LogP contribution in [0.3, 0.4) is 0 Å². The second kappa shape index (κ2) is 6.95. The van der Waals surface area contributed by atoms with Gasteiger partial charge in [-0.15, -0.1) is 0 Å². The van der Waals surface area contributed by atoms with Gasteiger partial charge in [-0.25, -0.2) is 8.78 Å². The molecule has 1 atom stereocenters. The lowest BCUT2D eigenvalue weighted by Gasteiger charge is -2.31. The molecule has 1 unspecified atom stereocenters. The van der Waals surface area contributed by atoms with Crippen molar-refractivity contribution in [3.63, 3.8) is 0 Å². The topological polar surface area (TPSA) is 29.1 Å². The van der Waals surface area contributed by atoms with Gasteiger partial charge in [0.05, 0.1) is 0 Å². The van der Waals surface area contributed by atoms with Gasteiger partial charge in [0.15, 0.2) is 0 Å². The van der Waals surface area contributed by atoms with Gasteiger partial charge in [0.1, 0.15) is 11.6 Å². The Labute approximate surface area is 131 Å². The van der Waals surface area contributed by atoms with Crippen molar-refractivity contribution >= 4 is 5.78 Å². The molecule has 1 N–H and O–H groups in total. The van der Waals surface area contributed by atoms with Crippen LogP contribution in [0.5, 0.6) is 0 Å². The number of carbonyl (C=O) groups is 1. The first-order valence-electron chi connectivity index (χ1n) is 7.50. The molecule has 1 saturated carbocycles. The Bertz CT molecular complexity index is 564. The highest BCUT2D eigenvalue weighted by Crippen LogP contribution is 2.32. The van der Waals surface area contributed by atoms with E-state index in [-0.39, 0.29) is 24.4 Å². The highest BCUT2D eigenvalue weighted by molar-refractivity contribution is 5.86. The van der Waals surface area contributed by atoms with Gasteiger partial charge in [0.2, 0.25) is 5.78 Å². The van der Waals surface area contributed by atoms with Crippen molar-refractivity contribution in [2.24, 2.45) is 5.92 Å². The number of alkyl halides is 3. The number of hydrogen-bond donors (Lipinski definition) is 1. The highest BCUT2D eigenvalue weighted by Gasteiger charge is 2.44. The van der Waals surface area contributed by atoms with Crippen LogP contribution in [-0.4, -0.2) is 18.0 Å². The summed E-state index contributed by atoms with van der Waals surface area (Å²) in [6.45, 7) is 1.67. The molecule has 1 fully saturated rings. The second-order valence-electron chi connectivity index (χ2n) is 5.96. The molecule has 2 nitrogen and oxygen atoms in total. The summed E-state index contributed by atoms with van der Waals surface area (Å²) in [7, 11) is 0. The van der Waals surface area contributed by atoms with E-state index in [1.54, 1.807) is 6.92 Å². The van der Waals surface area contributed by atoms with Gasteiger partial charge in [-0.05, 0) is 50.8 Å². The van der Waals surface area contributed by atoms with E-state index in [2.05, 4.69) is 5.32 Å². The van der Waals surface area contributed by atoms with E-state index in [1.807, 2.05) is 0 Å². The summed E-state index contributed by atoms with van der Waals surface area (Å²) in [5.74, 6) is -3.74. The summed E-state index contributed by atoms with van der Waals surface area (Å²) in [5.41, 5.74) is 0.179. The van der Waals surface area contributed by atoms with Crippen LogP contribution in [-0.2, 0) is 4.79 Å². The SMILES string of the molecule is CC(NC1CCC(C(=O)C(F)(F)F)CC1)c1cc(F)ccc1F. The highest BCUT2D eigenvalue weighted by atomic mass is 19.4. The lowest BCUT2D eigenvalue weighted by Crippen LogP contribution is -2.39. The number of halogens is 5. The van der Waals surface area contributed by atoms with Crippen molar-refractivity contribution in [2.45, 2.75) is 50.9 Å². The number of carbonyl (C=O) groups excluding carboxylic acids is 1. The Hall–Kier alpha value is -1.50. The van der Waals surface area contributed by atoms with Crippen LogP contribution in [0.25, 0.3) is 0 Å². The van der Waals surface area contributed by atoms with E-state index in [0.717, 1.165) is 18.2 Å². The average Bonchev–Trinajstić information content (AvgIpc) is 2.48. The number of Topliss-reactive ketones (excluding diaryl/α,β-unsaturated/α-hetero) is 1. The Morgan fingerprint density at radius 1 is 1.17 bits per heavy atom. The fraction of sp³-hybridized carbons (Fsp3) is 0.562. The molecule has 1 aromatic carbocycles. The molecule has 128 valence electrons. The van der Waals surface area contributed by atoms with E-state index in [1.165, 1.54) is 0 Å². The summed E-state index contributed by atoms with van der Waals surface area (Å²) < 4.78 is 64.1. The summed E-state index contributed by atoms with van der Waals surface area (Å²) in [6, 6.07) is 2.59. The molecule has 0 spiro atoms.